The lowest BCUT2D eigenvalue weighted by Crippen LogP contribution is -2.40. The van der Waals surface area contributed by atoms with Crippen LogP contribution < -0.4 is 29.7 Å². The van der Waals surface area contributed by atoms with E-state index in [2.05, 4.69) is 35.5 Å². The zero-order valence-electron chi connectivity index (χ0n) is 25.0. The topological polar surface area (TPSA) is 86.8 Å². The third-order valence-electron chi connectivity index (χ3n) is 7.89. The molecule has 0 spiro atoms. The number of carbonyl (C=O) groups excluding carboxylic acids is 1. The van der Waals surface area contributed by atoms with Gasteiger partial charge in [-0.2, -0.15) is 0 Å². The summed E-state index contributed by atoms with van der Waals surface area (Å²) in [5, 5.41) is 4.04. The van der Waals surface area contributed by atoms with E-state index in [-0.39, 0.29) is 11.5 Å². The fourth-order valence-electron chi connectivity index (χ4n) is 5.81. The molecule has 1 aliphatic rings. The normalized spacial score (nSPS) is 14.7. The fourth-order valence-corrected chi connectivity index (χ4v) is 6.83. The van der Waals surface area contributed by atoms with Gasteiger partial charge in [0.25, 0.3) is 11.5 Å². The molecule has 6 rings (SSSR count). The smallest absolute Gasteiger partial charge is 0.271 e. The molecular formula is C35H32N4O4S. The minimum Gasteiger partial charge on any atom is -0.493 e. The maximum atomic E-state index is 14.3. The van der Waals surface area contributed by atoms with Crippen LogP contribution in [0.2, 0.25) is 0 Å². The summed E-state index contributed by atoms with van der Waals surface area (Å²) in [5.74, 6) is 0.705. The Bertz CT molecular complexity index is 2140. The highest BCUT2D eigenvalue weighted by molar-refractivity contribution is 7.07. The van der Waals surface area contributed by atoms with Crippen LogP contribution in [0.3, 0.4) is 0 Å². The van der Waals surface area contributed by atoms with E-state index in [1.54, 1.807) is 31.8 Å². The maximum absolute atomic E-state index is 14.3. The molecule has 0 bridgehead atoms. The highest BCUT2D eigenvalue weighted by Crippen LogP contribution is 2.36. The van der Waals surface area contributed by atoms with Crippen molar-refractivity contribution in [2.75, 3.05) is 19.5 Å². The lowest BCUT2D eigenvalue weighted by Gasteiger charge is -2.26. The van der Waals surface area contributed by atoms with Crippen molar-refractivity contribution in [1.29, 1.82) is 0 Å². The van der Waals surface area contributed by atoms with Crippen molar-refractivity contribution in [3.63, 3.8) is 0 Å². The minimum atomic E-state index is -0.750. The van der Waals surface area contributed by atoms with Gasteiger partial charge >= 0.3 is 0 Å². The van der Waals surface area contributed by atoms with Crippen molar-refractivity contribution in [3.8, 4) is 11.5 Å². The molecule has 1 N–H and O–H groups in total. The molecule has 8 nitrogen and oxygen atoms in total. The quantitative estimate of drug-likeness (QED) is 0.242. The van der Waals surface area contributed by atoms with Crippen LogP contribution in [0.15, 0.2) is 107 Å². The molecule has 0 aliphatic carbocycles. The number of para-hydroxylation sites is 2. The van der Waals surface area contributed by atoms with Gasteiger partial charge in [-0.05, 0) is 55.8 Å². The number of anilines is 1. The van der Waals surface area contributed by atoms with Gasteiger partial charge in [-0.3, -0.25) is 14.2 Å². The summed E-state index contributed by atoms with van der Waals surface area (Å²) < 4.78 is 15.4. The number of nitrogens with one attached hydrogen (secondary N) is 1. The first-order valence-electron chi connectivity index (χ1n) is 14.2. The van der Waals surface area contributed by atoms with Gasteiger partial charge in [0.2, 0.25) is 0 Å². The first-order valence-corrected chi connectivity index (χ1v) is 15.0. The molecule has 1 aliphatic heterocycles. The van der Waals surface area contributed by atoms with Crippen molar-refractivity contribution in [2.24, 2.45) is 4.99 Å². The zero-order valence-corrected chi connectivity index (χ0v) is 25.8. The molecule has 2 aromatic heterocycles. The van der Waals surface area contributed by atoms with Crippen LogP contribution in [0.5, 0.6) is 11.5 Å². The molecule has 1 atom stereocenters. The number of methoxy groups -OCH3 is 2. The van der Waals surface area contributed by atoms with Gasteiger partial charge in [0.1, 0.15) is 0 Å². The number of thiazole rings is 1. The minimum absolute atomic E-state index is 0.231. The van der Waals surface area contributed by atoms with E-state index >= 15 is 0 Å². The second-order valence-corrected chi connectivity index (χ2v) is 11.4. The summed E-state index contributed by atoms with van der Waals surface area (Å²) in [4.78, 5) is 33.5. The van der Waals surface area contributed by atoms with E-state index in [9.17, 15) is 9.59 Å². The summed E-state index contributed by atoms with van der Waals surface area (Å²) >= 11 is 1.31. The molecule has 0 fully saturated rings. The summed E-state index contributed by atoms with van der Waals surface area (Å²) in [7, 11) is 3.12. The average molecular weight is 605 g/mol. The molecule has 0 saturated heterocycles. The van der Waals surface area contributed by atoms with Crippen LogP contribution in [0, 0.1) is 6.92 Å². The third kappa shape index (κ3) is 4.95. The predicted molar refractivity (Wildman–Crippen MR) is 175 cm³/mol. The van der Waals surface area contributed by atoms with Crippen LogP contribution in [0.25, 0.3) is 17.0 Å². The Morgan fingerprint density at radius 2 is 1.75 bits per heavy atom. The molecule has 5 aromatic rings. The predicted octanol–water partition coefficient (Wildman–Crippen LogP) is 5.34. The molecule has 9 heteroatoms. The van der Waals surface area contributed by atoms with Gasteiger partial charge in [-0.15, -0.1) is 6.58 Å². The van der Waals surface area contributed by atoms with E-state index in [0.29, 0.717) is 49.9 Å². The average Bonchev–Trinajstić information content (AvgIpc) is 3.48. The lowest BCUT2D eigenvalue weighted by atomic mass is 9.94. The molecular weight excluding hydrogens is 572 g/mol. The summed E-state index contributed by atoms with van der Waals surface area (Å²) in [6.07, 6.45) is 3.81. The Kier molecular flexibility index (Phi) is 7.80. The van der Waals surface area contributed by atoms with Crippen LogP contribution in [-0.4, -0.2) is 29.3 Å². The highest BCUT2D eigenvalue weighted by Gasteiger charge is 2.33. The van der Waals surface area contributed by atoms with Crippen molar-refractivity contribution in [3.05, 3.63) is 133 Å². The highest BCUT2D eigenvalue weighted by atomic mass is 32.1. The molecule has 0 radical (unpaired) electrons. The first-order chi connectivity index (χ1) is 21.4. The Balaban J connectivity index is 1.57. The standard InChI is InChI=1S/C35H32N4O4S/c1-6-18-38-22(3)26(25-14-10-11-15-27(25)38)20-30-34(41)39-32(23-16-17-28(42-4)29(19-23)43-5)31(21(2)36-35(39)44-30)33(40)37-24-12-8-7-9-13-24/h6-17,19-20,32H,1,18H2,2-5H3,(H,37,40)/b30-20-/t32-/m1/s1. The summed E-state index contributed by atoms with van der Waals surface area (Å²) in [6.45, 7) is 8.43. The second-order valence-electron chi connectivity index (χ2n) is 10.4. The molecule has 3 aromatic carbocycles. The van der Waals surface area contributed by atoms with E-state index in [1.807, 2.05) is 66.7 Å². The monoisotopic (exact) mass is 604 g/mol. The molecule has 1 amide bonds. The molecule has 222 valence electrons. The first kappa shape index (κ1) is 28.9. The number of allylic oxidation sites excluding steroid dienone is 2. The van der Waals surface area contributed by atoms with Gasteiger partial charge in [0, 0.05) is 34.4 Å². The zero-order chi connectivity index (χ0) is 31.0. The molecule has 0 unspecified atom stereocenters. The van der Waals surface area contributed by atoms with Gasteiger partial charge in [-0.25, -0.2) is 4.99 Å². The Labute approximate surface area is 258 Å². The van der Waals surface area contributed by atoms with Crippen molar-refractivity contribution >= 4 is 39.9 Å². The molecule has 3 heterocycles. The number of fused-ring (bicyclic) bond motifs is 2. The van der Waals surface area contributed by atoms with Crippen LogP contribution in [0.4, 0.5) is 5.69 Å². The number of hydrogen-bond acceptors (Lipinski definition) is 6. The van der Waals surface area contributed by atoms with E-state index in [0.717, 1.165) is 22.2 Å². The van der Waals surface area contributed by atoms with Crippen LogP contribution in [0.1, 0.15) is 29.8 Å². The van der Waals surface area contributed by atoms with Crippen molar-refractivity contribution in [1.82, 2.24) is 9.13 Å². The van der Waals surface area contributed by atoms with Gasteiger partial charge in [0.15, 0.2) is 16.3 Å². The van der Waals surface area contributed by atoms with E-state index < -0.39 is 6.04 Å². The lowest BCUT2D eigenvalue weighted by molar-refractivity contribution is -0.113. The summed E-state index contributed by atoms with van der Waals surface area (Å²) in [6, 6.07) is 22.1. The van der Waals surface area contributed by atoms with Crippen molar-refractivity contribution < 1.29 is 14.3 Å². The maximum Gasteiger partial charge on any atom is 0.271 e. The molecule has 44 heavy (non-hydrogen) atoms. The van der Waals surface area contributed by atoms with Crippen LogP contribution in [-0.2, 0) is 11.3 Å². The third-order valence-corrected chi connectivity index (χ3v) is 8.87. The second kappa shape index (κ2) is 11.9. The van der Waals surface area contributed by atoms with E-state index in [4.69, 9.17) is 14.5 Å². The SMILES string of the molecule is C=CCn1c(C)c(/C=c2\sc3n(c2=O)[C@H](c2ccc(OC)c(OC)c2)C(C(=O)Nc2ccccc2)=C(C)N=3)c2ccccc21. The Morgan fingerprint density at radius 1 is 1.02 bits per heavy atom. The number of hydrogen-bond donors (Lipinski definition) is 1. The number of rotatable bonds is 8. The number of aromatic nitrogens is 2. The number of amides is 1. The fraction of sp³-hybridized carbons (Fsp3) is 0.171. The number of nitrogens with zero attached hydrogens (tertiary/aromatic N) is 3. The number of carbonyl (C=O) groups is 1. The van der Waals surface area contributed by atoms with Gasteiger partial charge in [-0.1, -0.05) is 59.9 Å². The Hall–Kier alpha value is -5.15. The Morgan fingerprint density at radius 3 is 2.48 bits per heavy atom. The van der Waals surface area contributed by atoms with Crippen LogP contribution >= 0.6 is 11.3 Å². The summed E-state index contributed by atoms with van der Waals surface area (Å²) in [5.41, 5.74) is 5.09. The molecule has 0 saturated carbocycles. The van der Waals surface area contributed by atoms with Gasteiger partial charge in [0.05, 0.1) is 36.1 Å². The largest absolute Gasteiger partial charge is 0.493 e. The van der Waals surface area contributed by atoms with E-state index in [1.165, 1.54) is 11.3 Å². The number of benzene rings is 3. The van der Waals surface area contributed by atoms with Gasteiger partial charge < -0.3 is 19.4 Å². The van der Waals surface area contributed by atoms with Crippen molar-refractivity contribution in [2.45, 2.75) is 26.4 Å². The number of ether oxygens (including phenoxy) is 2.